The average Bonchev–Trinajstić information content (AvgIpc) is 2.90. The molecule has 0 aromatic heterocycles. The number of benzene rings is 2. The summed E-state index contributed by atoms with van der Waals surface area (Å²) in [6.45, 7) is 0.981. The molecule has 0 unspecified atom stereocenters. The van der Waals surface area contributed by atoms with E-state index in [2.05, 4.69) is 5.32 Å². The van der Waals surface area contributed by atoms with Crippen LogP contribution in [0.2, 0.25) is 5.02 Å². The predicted octanol–water partition coefficient (Wildman–Crippen LogP) is 3.11. The average molecular weight is 358 g/mol. The number of hydrogen-bond acceptors (Lipinski definition) is 3. The van der Waals surface area contributed by atoms with Crippen molar-refractivity contribution in [1.82, 2.24) is 0 Å². The van der Waals surface area contributed by atoms with Crippen molar-refractivity contribution < 1.29 is 9.59 Å². The molecular formula is C19H20ClN3O2. The molecule has 2 amide bonds. The second kappa shape index (κ2) is 7.68. The SMILES string of the molecule is NCCCC(=O)Nc1ccc(CN2C(=O)Cc3ccc(Cl)cc32)cc1. The van der Waals surface area contributed by atoms with E-state index < -0.39 is 0 Å². The number of nitrogens with one attached hydrogen (secondary N) is 1. The zero-order valence-electron chi connectivity index (χ0n) is 13.8. The van der Waals surface area contributed by atoms with Crippen LogP contribution in [0.15, 0.2) is 42.5 Å². The van der Waals surface area contributed by atoms with Crippen LogP contribution in [0.25, 0.3) is 0 Å². The molecule has 0 bridgehead atoms. The molecule has 2 aromatic carbocycles. The Kier molecular flexibility index (Phi) is 5.36. The van der Waals surface area contributed by atoms with Crippen LogP contribution in [-0.4, -0.2) is 18.4 Å². The van der Waals surface area contributed by atoms with Crippen molar-refractivity contribution in [2.75, 3.05) is 16.8 Å². The van der Waals surface area contributed by atoms with Gasteiger partial charge in [0.05, 0.1) is 13.0 Å². The summed E-state index contributed by atoms with van der Waals surface area (Å²) in [5.41, 5.74) is 9.00. The molecule has 130 valence electrons. The normalized spacial score (nSPS) is 13.0. The molecule has 2 aromatic rings. The number of carbonyl (C=O) groups is 2. The first-order chi connectivity index (χ1) is 12.1. The van der Waals surface area contributed by atoms with E-state index in [0.717, 1.165) is 22.5 Å². The molecule has 0 atom stereocenters. The van der Waals surface area contributed by atoms with E-state index in [-0.39, 0.29) is 11.8 Å². The van der Waals surface area contributed by atoms with Crippen molar-refractivity contribution in [2.24, 2.45) is 5.73 Å². The molecule has 6 heteroatoms. The summed E-state index contributed by atoms with van der Waals surface area (Å²) >= 11 is 6.06. The van der Waals surface area contributed by atoms with Crippen LogP contribution >= 0.6 is 11.6 Å². The Bertz CT molecular complexity index is 790. The van der Waals surface area contributed by atoms with Gasteiger partial charge in [0.2, 0.25) is 11.8 Å². The molecule has 1 aliphatic rings. The van der Waals surface area contributed by atoms with Gasteiger partial charge in [-0.2, -0.15) is 0 Å². The van der Waals surface area contributed by atoms with Gasteiger partial charge in [-0.3, -0.25) is 9.59 Å². The number of anilines is 2. The van der Waals surface area contributed by atoms with E-state index in [1.165, 1.54) is 0 Å². The summed E-state index contributed by atoms with van der Waals surface area (Å²) in [5.74, 6) is 0.0212. The highest BCUT2D eigenvalue weighted by Crippen LogP contribution is 2.32. The molecule has 0 spiro atoms. The number of carbonyl (C=O) groups excluding carboxylic acids is 2. The molecule has 5 nitrogen and oxygen atoms in total. The van der Waals surface area contributed by atoms with Gasteiger partial charge in [-0.1, -0.05) is 29.8 Å². The highest BCUT2D eigenvalue weighted by atomic mass is 35.5. The number of hydrogen-bond donors (Lipinski definition) is 2. The van der Waals surface area contributed by atoms with Crippen molar-refractivity contribution >= 4 is 34.8 Å². The Morgan fingerprint density at radius 3 is 2.68 bits per heavy atom. The van der Waals surface area contributed by atoms with Gasteiger partial charge in [-0.25, -0.2) is 0 Å². The second-order valence-electron chi connectivity index (χ2n) is 6.07. The largest absolute Gasteiger partial charge is 0.330 e. The first-order valence-corrected chi connectivity index (χ1v) is 8.62. The summed E-state index contributed by atoms with van der Waals surface area (Å²) in [4.78, 5) is 25.7. The molecular weight excluding hydrogens is 338 g/mol. The van der Waals surface area contributed by atoms with Crippen LogP contribution in [-0.2, 0) is 22.6 Å². The lowest BCUT2D eigenvalue weighted by Gasteiger charge is -2.18. The summed E-state index contributed by atoms with van der Waals surface area (Å²) in [7, 11) is 0. The fourth-order valence-electron chi connectivity index (χ4n) is 2.87. The molecule has 0 saturated heterocycles. The van der Waals surface area contributed by atoms with E-state index >= 15 is 0 Å². The van der Waals surface area contributed by atoms with Crippen molar-refractivity contribution in [3.05, 3.63) is 58.6 Å². The Labute approximate surface area is 151 Å². The number of nitrogens with two attached hydrogens (primary N) is 1. The third-order valence-electron chi connectivity index (χ3n) is 4.17. The van der Waals surface area contributed by atoms with Gasteiger partial charge < -0.3 is 16.0 Å². The molecule has 25 heavy (non-hydrogen) atoms. The topological polar surface area (TPSA) is 75.4 Å². The lowest BCUT2D eigenvalue weighted by atomic mass is 10.1. The van der Waals surface area contributed by atoms with Crippen molar-refractivity contribution in [1.29, 1.82) is 0 Å². The summed E-state index contributed by atoms with van der Waals surface area (Å²) < 4.78 is 0. The highest BCUT2D eigenvalue weighted by molar-refractivity contribution is 6.31. The number of rotatable bonds is 6. The van der Waals surface area contributed by atoms with Crippen LogP contribution in [0.3, 0.4) is 0 Å². The van der Waals surface area contributed by atoms with E-state index in [9.17, 15) is 9.59 Å². The van der Waals surface area contributed by atoms with Gasteiger partial charge in [-0.15, -0.1) is 0 Å². The van der Waals surface area contributed by atoms with Crippen molar-refractivity contribution in [2.45, 2.75) is 25.8 Å². The Balaban J connectivity index is 1.67. The number of halogens is 1. The third-order valence-corrected chi connectivity index (χ3v) is 4.40. The van der Waals surface area contributed by atoms with Gasteiger partial charge in [0.15, 0.2) is 0 Å². The molecule has 0 radical (unpaired) electrons. The molecule has 0 aliphatic carbocycles. The number of fused-ring (bicyclic) bond motifs is 1. The first kappa shape index (κ1) is 17.5. The van der Waals surface area contributed by atoms with Crippen LogP contribution in [0.5, 0.6) is 0 Å². The van der Waals surface area contributed by atoms with Gasteiger partial charge >= 0.3 is 0 Å². The maximum absolute atomic E-state index is 12.3. The van der Waals surface area contributed by atoms with Gasteiger partial charge in [0.1, 0.15) is 0 Å². The summed E-state index contributed by atoms with van der Waals surface area (Å²) in [6.07, 6.45) is 1.49. The standard InChI is InChI=1S/C19H20ClN3O2/c20-15-6-5-14-10-19(25)23(17(14)11-15)12-13-3-7-16(8-4-13)22-18(24)2-1-9-21/h3-8,11H,1-2,9-10,12,21H2,(H,22,24). The smallest absolute Gasteiger partial charge is 0.231 e. The monoisotopic (exact) mass is 357 g/mol. The van der Waals surface area contributed by atoms with Gasteiger partial charge in [0, 0.05) is 22.8 Å². The maximum atomic E-state index is 12.3. The molecule has 3 rings (SSSR count). The minimum absolute atomic E-state index is 0.0449. The number of nitrogens with zero attached hydrogens (tertiary/aromatic N) is 1. The van der Waals surface area contributed by atoms with E-state index in [4.69, 9.17) is 17.3 Å². The lowest BCUT2D eigenvalue weighted by molar-refractivity contribution is -0.117. The van der Waals surface area contributed by atoms with Gasteiger partial charge in [0.25, 0.3) is 0 Å². The Morgan fingerprint density at radius 2 is 1.96 bits per heavy atom. The van der Waals surface area contributed by atoms with Crippen LogP contribution in [0.1, 0.15) is 24.0 Å². The minimum Gasteiger partial charge on any atom is -0.330 e. The maximum Gasteiger partial charge on any atom is 0.231 e. The molecule has 1 aliphatic heterocycles. The van der Waals surface area contributed by atoms with E-state index in [0.29, 0.717) is 37.4 Å². The van der Waals surface area contributed by atoms with Crippen LogP contribution in [0.4, 0.5) is 11.4 Å². The lowest BCUT2D eigenvalue weighted by Crippen LogP contribution is -2.26. The highest BCUT2D eigenvalue weighted by Gasteiger charge is 2.27. The second-order valence-corrected chi connectivity index (χ2v) is 6.50. The fraction of sp³-hybridized carbons (Fsp3) is 0.263. The summed E-state index contributed by atoms with van der Waals surface area (Å²) in [6, 6.07) is 13.0. The quantitative estimate of drug-likeness (QED) is 0.834. The van der Waals surface area contributed by atoms with E-state index in [1.54, 1.807) is 11.0 Å². The predicted molar refractivity (Wildman–Crippen MR) is 99.7 cm³/mol. The first-order valence-electron chi connectivity index (χ1n) is 8.24. The molecule has 3 N–H and O–H groups in total. The number of amides is 2. The van der Waals surface area contributed by atoms with Crippen LogP contribution < -0.4 is 16.0 Å². The fourth-order valence-corrected chi connectivity index (χ4v) is 3.03. The van der Waals surface area contributed by atoms with Crippen molar-refractivity contribution in [3.63, 3.8) is 0 Å². The zero-order chi connectivity index (χ0) is 17.8. The van der Waals surface area contributed by atoms with Gasteiger partial charge in [-0.05, 0) is 48.4 Å². The van der Waals surface area contributed by atoms with E-state index in [1.807, 2.05) is 36.4 Å². The molecule has 1 heterocycles. The zero-order valence-corrected chi connectivity index (χ0v) is 14.6. The van der Waals surface area contributed by atoms with Crippen molar-refractivity contribution in [3.8, 4) is 0 Å². The molecule has 0 saturated carbocycles. The minimum atomic E-state index is -0.0449. The Morgan fingerprint density at radius 1 is 1.20 bits per heavy atom. The summed E-state index contributed by atoms with van der Waals surface area (Å²) in [5, 5.41) is 3.46. The molecule has 0 fully saturated rings. The third kappa shape index (κ3) is 4.18. The Hall–Kier alpha value is -2.37. The van der Waals surface area contributed by atoms with Crippen LogP contribution in [0, 0.1) is 0 Å².